The highest BCUT2D eigenvalue weighted by Gasteiger charge is 2.31. The molecule has 2 nitrogen and oxygen atoms in total. The first-order valence-electron chi connectivity index (χ1n) is 6.13. The zero-order valence-corrected chi connectivity index (χ0v) is 13.5. The van der Waals surface area contributed by atoms with Gasteiger partial charge in [-0.15, -0.1) is 0 Å². The summed E-state index contributed by atoms with van der Waals surface area (Å²) in [6.45, 7) is 4.50. The zero-order chi connectivity index (χ0) is 13.3. The van der Waals surface area contributed by atoms with E-state index in [1.807, 2.05) is 6.07 Å². The Kier molecular flexibility index (Phi) is 4.22. The van der Waals surface area contributed by atoms with Crippen molar-refractivity contribution in [2.45, 2.75) is 39.2 Å². The molecule has 1 aliphatic carbocycles. The fraction of sp³-hybridized carbons (Fsp3) is 0.500. The molecular formula is C14H17ClINO. The van der Waals surface area contributed by atoms with Crippen molar-refractivity contribution in [1.82, 2.24) is 5.32 Å². The first kappa shape index (κ1) is 14.1. The largest absolute Gasteiger partial charge is 0.349 e. The van der Waals surface area contributed by atoms with Crippen molar-refractivity contribution in [1.29, 1.82) is 0 Å². The Morgan fingerprint density at radius 3 is 2.83 bits per heavy atom. The molecule has 18 heavy (non-hydrogen) atoms. The number of carbonyl (C=O) groups excluding carboxylic acids is 1. The molecule has 4 heteroatoms. The average Bonchev–Trinajstić information content (AvgIpc) is 2.61. The average molecular weight is 378 g/mol. The molecule has 98 valence electrons. The number of benzene rings is 1. The smallest absolute Gasteiger partial charge is 0.252 e. The van der Waals surface area contributed by atoms with E-state index in [0.29, 0.717) is 22.0 Å². The fourth-order valence-corrected chi connectivity index (χ4v) is 3.25. The van der Waals surface area contributed by atoms with Crippen molar-refractivity contribution in [3.63, 3.8) is 0 Å². The predicted octanol–water partition coefficient (Wildman–Crippen LogP) is 4.25. The molecule has 1 aromatic rings. The lowest BCUT2D eigenvalue weighted by atomic mass is 9.92. The van der Waals surface area contributed by atoms with Crippen LogP contribution in [0.2, 0.25) is 5.02 Å². The van der Waals surface area contributed by atoms with E-state index in [2.05, 4.69) is 41.8 Å². The van der Waals surface area contributed by atoms with E-state index >= 15 is 0 Å². The lowest BCUT2D eigenvalue weighted by molar-refractivity contribution is 0.0935. The van der Waals surface area contributed by atoms with E-state index in [1.165, 1.54) is 6.42 Å². The summed E-state index contributed by atoms with van der Waals surface area (Å²) in [5, 5.41) is 3.72. The number of rotatable bonds is 2. The maximum atomic E-state index is 12.2. The molecule has 1 unspecified atom stereocenters. The van der Waals surface area contributed by atoms with Crippen molar-refractivity contribution in [2.24, 2.45) is 5.41 Å². The third-order valence-corrected chi connectivity index (χ3v) is 4.65. The van der Waals surface area contributed by atoms with Gasteiger partial charge in [0.1, 0.15) is 0 Å². The van der Waals surface area contributed by atoms with E-state index in [9.17, 15) is 4.79 Å². The summed E-state index contributed by atoms with van der Waals surface area (Å²) in [6.07, 6.45) is 3.29. The van der Waals surface area contributed by atoms with Crippen molar-refractivity contribution in [2.75, 3.05) is 0 Å². The summed E-state index contributed by atoms with van der Waals surface area (Å²) >= 11 is 8.11. The highest BCUT2D eigenvalue weighted by atomic mass is 127. The third-order valence-electron chi connectivity index (χ3n) is 3.48. The zero-order valence-electron chi connectivity index (χ0n) is 10.6. The lowest BCUT2D eigenvalue weighted by Gasteiger charge is -2.18. The van der Waals surface area contributed by atoms with Gasteiger partial charge in [-0.25, -0.2) is 0 Å². The van der Waals surface area contributed by atoms with Crippen LogP contribution < -0.4 is 5.32 Å². The van der Waals surface area contributed by atoms with Gasteiger partial charge >= 0.3 is 0 Å². The number of amides is 1. The van der Waals surface area contributed by atoms with Gasteiger partial charge in [-0.2, -0.15) is 0 Å². The van der Waals surface area contributed by atoms with Crippen LogP contribution in [-0.4, -0.2) is 11.9 Å². The van der Waals surface area contributed by atoms with Crippen molar-refractivity contribution in [3.05, 3.63) is 32.4 Å². The SMILES string of the molecule is CC1(C)CCC(NC(=O)c2cc(Cl)ccc2I)C1. The Morgan fingerprint density at radius 1 is 1.50 bits per heavy atom. The van der Waals surface area contributed by atoms with Crippen molar-refractivity contribution in [3.8, 4) is 0 Å². The van der Waals surface area contributed by atoms with Crippen LogP contribution in [0.5, 0.6) is 0 Å². The van der Waals surface area contributed by atoms with E-state index in [1.54, 1.807) is 12.1 Å². The van der Waals surface area contributed by atoms with Gasteiger partial charge in [-0.3, -0.25) is 4.79 Å². The Labute approximate surface area is 127 Å². The van der Waals surface area contributed by atoms with Gasteiger partial charge in [-0.1, -0.05) is 25.4 Å². The molecule has 1 amide bonds. The molecule has 1 saturated carbocycles. The second-order valence-corrected chi connectivity index (χ2v) is 7.30. The molecule has 2 rings (SSSR count). The monoisotopic (exact) mass is 377 g/mol. The molecule has 0 aromatic heterocycles. The standard InChI is InChI=1S/C14H17ClINO/c1-14(2)6-5-10(8-14)17-13(18)11-7-9(15)3-4-12(11)16/h3-4,7,10H,5-6,8H2,1-2H3,(H,17,18). The van der Waals surface area contributed by atoms with Crippen LogP contribution in [0.25, 0.3) is 0 Å². The highest BCUT2D eigenvalue weighted by molar-refractivity contribution is 14.1. The Morgan fingerprint density at radius 2 is 2.22 bits per heavy atom. The highest BCUT2D eigenvalue weighted by Crippen LogP contribution is 2.37. The van der Waals surface area contributed by atoms with Gasteiger partial charge in [0.05, 0.1) is 5.56 Å². The molecular weight excluding hydrogens is 361 g/mol. The minimum atomic E-state index is -0.00963. The molecule has 0 radical (unpaired) electrons. The van der Waals surface area contributed by atoms with Crippen molar-refractivity contribution < 1.29 is 4.79 Å². The molecule has 0 aliphatic heterocycles. The minimum Gasteiger partial charge on any atom is -0.349 e. The maximum absolute atomic E-state index is 12.2. The molecule has 1 aromatic carbocycles. The second-order valence-electron chi connectivity index (χ2n) is 5.70. The molecule has 0 heterocycles. The molecule has 1 aliphatic rings. The molecule has 1 N–H and O–H groups in total. The van der Waals surface area contributed by atoms with Gasteiger partial charge in [0.2, 0.25) is 0 Å². The van der Waals surface area contributed by atoms with Gasteiger partial charge in [0.15, 0.2) is 0 Å². The van der Waals surface area contributed by atoms with Crippen LogP contribution >= 0.6 is 34.2 Å². The van der Waals surface area contributed by atoms with Gasteiger partial charge in [-0.05, 0) is 65.5 Å². The van der Waals surface area contributed by atoms with E-state index < -0.39 is 0 Å². The fourth-order valence-electron chi connectivity index (χ4n) is 2.49. The molecule has 1 fully saturated rings. The third kappa shape index (κ3) is 3.38. The van der Waals surface area contributed by atoms with Crippen LogP contribution in [0.3, 0.4) is 0 Å². The van der Waals surface area contributed by atoms with Crippen LogP contribution in [-0.2, 0) is 0 Å². The second kappa shape index (κ2) is 5.37. The molecule has 1 atom stereocenters. The minimum absolute atomic E-state index is 0.00963. The van der Waals surface area contributed by atoms with E-state index in [0.717, 1.165) is 16.4 Å². The summed E-state index contributed by atoms with van der Waals surface area (Å²) in [5.41, 5.74) is 1.02. The van der Waals surface area contributed by atoms with Crippen molar-refractivity contribution >= 4 is 40.1 Å². The predicted molar refractivity (Wildman–Crippen MR) is 83.1 cm³/mol. The Balaban J connectivity index is 2.06. The number of hydrogen-bond acceptors (Lipinski definition) is 1. The van der Waals surface area contributed by atoms with Crippen LogP contribution in [0.1, 0.15) is 43.5 Å². The summed E-state index contributed by atoms with van der Waals surface area (Å²) in [5.74, 6) is -0.00963. The lowest BCUT2D eigenvalue weighted by Crippen LogP contribution is -2.33. The molecule has 0 bridgehead atoms. The number of hydrogen-bond donors (Lipinski definition) is 1. The quantitative estimate of drug-likeness (QED) is 0.767. The van der Waals surface area contributed by atoms with Gasteiger partial charge < -0.3 is 5.32 Å². The summed E-state index contributed by atoms with van der Waals surface area (Å²) < 4.78 is 0.937. The van der Waals surface area contributed by atoms with Gasteiger partial charge in [0.25, 0.3) is 5.91 Å². The summed E-state index contributed by atoms with van der Waals surface area (Å²) in [7, 11) is 0. The molecule has 0 spiro atoms. The topological polar surface area (TPSA) is 29.1 Å². The van der Waals surface area contributed by atoms with E-state index in [4.69, 9.17) is 11.6 Å². The Hall–Kier alpha value is -0.290. The van der Waals surface area contributed by atoms with Crippen LogP contribution in [0.15, 0.2) is 18.2 Å². The maximum Gasteiger partial charge on any atom is 0.252 e. The summed E-state index contributed by atoms with van der Waals surface area (Å²) in [4.78, 5) is 12.2. The number of halogens is 2. The first-order valence-corrected chi connectivity index (χ1v) is 7.59. The van der Waals surface area contributed by atoms with Gasteiger partial charge in [0, 0.05) is 14.6 Å². The normalized spacial score (nSPS) is 21.9. The summed E-state index contributed by atoms with van der Waals surface area (Å²) in [6, 6.07) is 5.70. The van der Waals surface area contributed by atoms with Crippen LogP contribution in [0.4, 0.5) is 0 Å². The number of nitrogens with one attached hydrogen (secondary N) is 1. The van der Waals surface area contributed by atoms with Crippen LogP contribution in [0, 0.1) is 8.99 Å². The first-order chi connectivity index (χ1) is 8.37. The Bertz CT molecular complexity index is 473. The van der Waals surface area contributed by atoms with E-state index in [-0.39, 0.29) is 5.91 Å². The molecule has 0 saturated heterocycles. The number of carbonyl (C=O) groups is 1.